The molecule has 0 aliphatic carbocycles. The molecule has 0 radical (unpaired) electrons. The van der Waals surface area contributed by atoms with E-state index in [0.29, 0.717) is 23.6 Å². The lowest BCUT2D eigenvalue weighted by molar-refractivity contribution is -0.119. The van der Waals surface area contributed by atoms with Crippen molar-refractivity contribution < 1.29 is 14.1 Å². The Hall–Kier alpha value is -1.85. The molecular formula is C15H23N3O3. The number of carbonyl (C=O) groups excluding carboxylic acids is 2. The molecule has 6 heteroatoms. The number of hydrogen-bond acceptors (Lipinski definition) is 4. The summed E-state index contributed by atoms with van der Waals surface area (Å²) in [6.07, 6.45) is 3.91. The summed E-state index contributed by atoms with van der Waals surface area (Å²) in [6.45, 7) is 6.43. The van der Waals surface area contributed by atoms with E-state index in [9.17, 15) is 9.59 Å². The summed E-state index contributed by atoms with van der Waals surface area (Å²) in [7, 11) is 0. The molecule has 6 nitrogen and oxygen atoms in total. The zero-order chi connectivity index (χ0) is 15.4. The van der Waals surface area contributed by atoms with Gasteiger partial charge in [0.25, 0.3) is 5.91 Å². The maximum absolute atomic E-state index is 12.7. The van der Waals surface area contributed by atoms with Gasteiger partial charge in [-0.25, -0.2) is 0 Å². The van der Waals surface area contributed by atoms with Crippen LogP contribution in [0, 0.1) is 13.8 Å². The first kappa shape index (κ1) is 15.5. The molecule has 1 aliphatic rings. The first-order chi connectivity index (χ1) is 10.0. The van der Waals surface area contributed by atoms with Crippen LogP contribution in [0.2, 0.25) is 0 Å². The van der Waals surface area contributed by atoms with Crippen molar-refractivity contribution in [3.05, 3.63) is 17.0 Å². The SMILES string of the molecule is CC(=O)NCCC1CCCCN1C(=O)c1c(C)noc1C. The maximum atomic E-state index is 12.7. The molecule has 0 saturated carbocycles. The van der Waals surface area contributed by atoms with Gasteiger partial charge in [-0.2, -0.15) is 0 Å². The van der Waals surface area contributed by atoms with Crippen LogP contribution < -0.4 is 5.32 Å². The standard InChI is InChI=1S/C15H23N3O3/c1-10-14(11(2)21-17-10)15(20)18-9-5-4-6-13(18)7-8-16-12(3)19/h13H,4-9H2,1-3H3,(H,16,19). The number of carbonyl (C=O) groups is 2. The number of rotatable bonds is 4. The van der Waals surface area contributed by atoms with Crippen molar-refractivity contribution in [2.45, 2.75) is 52.5 Å². The molecule has 21 heavy (non-hydrogen) atoms. The second-order valence-electron chi connectivity index (χ2n) is 5.62. The molecule has 2 rings (SSSR count). The number of nitrogens with one attached hydrogen (secondary N) is 1. The van der Waals surface area contributed by atoms with Crippen LogP contribution in [0.4, 0.5) is 0 Å². The summed E-state index contributed by atoms with van der Waals surface area (Å²) in [5.74, 6) is 0.539. The smallest absolute Gasteiger partial charge is 0.259 e. The van der Waals surface area contributed by atoms with Gasteiger partial charge in [0.15, 0.2) is 0 Å². The summed E-state index contributed by atoms with van der Waals surface area (Å²) in [4.78, 5) is 25.6. The zero-order valence-corrected chi connectivity index (χ0v) is 12.9. The highest BCUT2D eigenvalue weighted by molar-refractivity contribution is 5.96. The van der Waals surface area contributed by atoms with Gasteiger partial charge in [0.05, 0.1) is 5.69 Å². The molecule has 1 aliphatic heterocycles. The van der Waals surface area contributed by atoms with Crippen LogP contribution in [-0.4, -0.2) is 41.0 Å². The molecule has 1 saturated heterocycles. The van der Waals surface area contributed by atoms with Crippen molar-refractivity contribution in [1.82, 2.24) is 15.4 Å². The van der Waals surface area contributed by atoms with Crippen molar-refractivity contribution in [1.29, 1.82) is 0 Å². The lowest BCUT2D eigenvalue weighted by atomic mass is 9.98. The molecule has 1 atom stereocenters. The number of likely N-dealkylation sites (tertiary alicyclic amines) is 1. The third-order valence-electron chi connectivity index (χ3n) is 3.99. The Bertz CT molecular complexity index is 505. The largest absolute Gasteiger partial charge is 0.361 e. The molecular weight excluding hydrogens is 270 g/mol. The lowest BCUT2D eigenvalue weighted by Crippen LogP contribution is -2.45. The number of nitrogens with zero attached hydrogens (tertiary/aromatic N) is 2. The van der Waals surface area contributed by atoms with Crippen LogP contribution in [0.5, 0.6) is 0 Å². The molecule has 0 spiro atoms. The topological polar surface area (TPSA) is 75.4 Å². The van der Waals surface area contributed by atoms with Gasteiger partial charge >= 0.3 is 0 Å². The first-order valence-corrected chi connectivity index (χ1v) is 7.49. The summed E-state index contributed by atoms with van der Waals surface area (Å²) in [5.41, 5.74) is 1.23. The Balaban J connectivity index is 2.07. The van der Waals surface area contributed by atoms with E-state index in [4.69, 9.17) is 4.52 Å². The molecule has 1 N–H and O–H groups in total. The normalized spacial score (nSPS) is 18.6. The monoisotopic (exact) mass is 293 g/mol. The molecule has 1 aromatic heterocycles. The summed E-state index contributed by atoms with van der Waals surface area (Å²) < 4.78 is 5.10. The minimum Gasteiger partial charge on any atom is -0.361 e. The van der Waals surface area contributed by atoms with Gasteiger partial charge in [-0.3, -0.25) is 9.59 Å². The van der Waals surface area contributed by atoms with Crippen LogP contribution in [0.3, 0.4) is 0 Å². The van der Waals surface area contributed by atoms with E-state index < -0.39 is 0 Å². The van der Waals surface area contributed by atoms with Crippen LogP contribution in [-0.2, 0) is 4.79 Å². The van der Waals surface area contributed by atoms with E-state index in [0.717, 1.165) is 32.2 Å². The Morgan fingerprint density at radius 2 is 2.14 bits per heavy atom. The lowest BCUT2D eigenvalue weighted by Gasteiger charge is -2.36. The molecule has 2 amide bonds. The van der Waals surface area contributed by atoms with E-state index in [-0.39, 0.29) is 17.9 Å². The fourth-order valence-corrected chi connectivity index (χ4v) is 2.91. The fourth-order valence-electron chi connectivity index (χ4n) is 2.91. The van der Waals surface area contributed by atoms with E-state index in [1.54, 1.807) is 13.8 Å². The Morgan fingerprint density at radius 3 is 2.76 bits per heavy atom. The van der Waals surface area contributed by atoms with Gasteiger partial charge in [-0.15, -0.1) is 0 Å². The second-order valence-corrected chi connectivity index (χ2v) is 5.62. The average Bonchev–Trinajstić information content (AvgIpc) is 2.78. The molecule has 0 aromatic carbocycles. The van der Waals surface area contributed by atoms with E-state index >= 15 is 0 Å². The van der Waals surface area contributed by atoms with Crippen LogP contribution >= 0.6 is 0 Å². The number of amides is 2. The van der Waals surface area contributed by atoms with Crippen LogP contribution in [0.15, 0.2) is 4.52 Å². The number of hydrogen-bond donors (Lipinski definition) is 1. The Morgan fingerprint density at radius 1 is 1.38 bits per heavy atom. The van der Waals surface area contributed by atoms with Crippen LogP contribution in [0.25, 0.3) is 0 Å². The van der Waals surface area contributed by atoms with Gasteiger partial charge < -0.3 is 14.7 Å². The summed E-state index contributed by atoms with van der Waals surface area (Å²) in [6, 6.07) is 0.173. The van der Waals surface area contributed by atoms with Crippen molar-refractivity contribution in [2.75, 3.05) is 13.1 Å². The van der Waals surface area contributed by atoms with Gasteiger partial charge in [0.1, 0.15) is 11.3 Å². The molecule has 1 unspecified atom stereocenters. The van der Waals surface area contributed by atoms with Crippen LogP contribution in [0.1, 0.15) is 54.4 Å². The second kappa shape index (κ2) is 6.74. The van der Waals surface area contributed by atoms with Crippen molar-refractivity contribution in [3.63, 3.8) is 0 Å². The van der Waals surface area contributed by atoms with E-state index in [1.165, 1.54) is 6.92 Å². The minimum absolute atomic E-state index is 0.00113. The molecule has 116 valence electrons. The molecule has 2 heterocycles. The third kappa shape index (κ3) is 3.62. The highest BCUT2D eigenvalue weighted by Crippen LogP contribution is 2.24. The van der Waals surface area contributed by atoms with Crippen molar-refractivity contribution in [3.8, 4) is 0 Å². The predicted octanol–water partition coefficient (Wildman–Crippen LogP) is 1.81. The predicted molar refractivity (Wildman–Crippen MR) is 78.0 cm³/mol. The molecule has 0 bridgehead atoms. The Kier molecular flexibility index (Phi) is 4.98. The highest BCUT2D eigenvalue weighted by atomic mass is 16.5. The van der Waals surface area contributed by atoms with Gasteiger partial charge in [-0.1, -0.05) is 5.16 Å². The fraction of sp³-hybridized carbons (Fsp3) is 0.667. The third-order valence-corrected chi connectivity index (χ3v) is 3.99. The van der Waals surface area contributed by atoms with Crippen molar-refractivity contribution >= 4 is 11.8 Å². The zero-order valence-electron chi connectivity index (χ0n) is 12.9. The number of piperidine rings is 1. The highest BCUT2D eigenvalue weighted by Gasteiger charge is 2.30. The minimum atomic E-state index is -0.0330. The van der Waals surface area contributed by atoms with Gasteiger partial charge in [-0.05, 0) is 39.5 Å². The van der Waals surface area contributed by atoms with Crippen molar-refractivity contribution in [2.24, 2.45) is 0 Å². The van der Waals surface area contributed by atoms with Gasteiger partial charge in [0, 0.05) is 26.1 Å². The summed E-state index contributed by atoms with van der Waals surface area (Å²) in [5, 5.41) is 6.67. The number of aryl methyl sites for hydroxylation is 2. The maximum Gasteiger partial charge on any atom is 0.259 e. The Labute approximate surface area is 124 Å². The quantitative estimate of drug-likeness (QED) is 0.918. The van der Waals surface area contributed by atoms with Gasteiger partial charge in [0.2, 0.25) is 5.91 Å². The first-order valence-electron chi connectivity index (χ1n) is 7.49. The average molecular weight is 293 g/mol. The van der Waals surface area contributed by atoms with E-state index in [2.05, 4.69) is 10.5 Å². The summed E-state index contributed by atoms with van der Waals surface area (Å²) >= 11 is 0. The molecule has 1 fully saturated rings. The molecule has 1 aromatic rings. The number of aromatic nitrogens is 1. The van der Waals surface area contributed by atoms with E-state index in [1.807, 2.05) is 4.90 Å².